The molecule has 2 nitrogen and oxygen atoms in total. The van der Waals surface area contributed by atoms with Gasteiger partial charge in [-0.15, -0.1) is 0 Å². The summed E-state index contributed by atoms with van der Waals surface area (Å²) < 4.78 is 5.35. The second-order valence-electron chi connectivity index (χ2n) is 3.16. The van der Waals surface area contributed by atoms with Gasteiger partial charge in [-0.1, -0.05) is 41.5 Å². The van der Waals surface area contributed by atoms with Crippen molar-refractivity contribution in [1.82, 2.24) is 4.90 Å². The van der Waals surface area contributed by atoms with Crippen molar-refractivity contribution in [2.24, 2.45) is 5.92 Å². The van der Waals surface area contributed by atoms with Gasteiger partial charge in [0, 0.05) is 6.04 Å². The van der Waals surface area contributed by atoms with E-state index in [1.54, 1.807) is 0 Å². The summed E-state index contributed by atoms with van der Waals surface area (Å²) in [4.78, 5) is 2.36. The Hall–Kier alpha value is -0.0800. The van der Waals surface area contributed by atoms with E-state index in [1.165, 1.54) is 0 Å². The number of hydrogen-bond acceptors (Lipinski definition) is 2. The van der Waals surface area contributed by atoms with E-state index in [1.807, 2.05) is 27.7 Å². The standard InChI is InChI=1S/C8H17NO.2C2H6/c1-4-9(3)8-6-10-5-7(8)2;2*1-2/h7-8H,4-6H2,1-3H3;2*1-2H3/t7-,8-;;/m1../s1. The molecule has 0 aliphatic carbocycles. The molecule has 1 fully saturated rings. The molecule has 0 bridgehead atoms. The van der Waals surface area contributed by atoms with E-state index in [-0.39, 0.29) is 0 Å². The zero-order valence-corrected chi connectivity index (χ0v) is 11.1. The summed E-state index contributed by atoms with van der Waals surface area (Å²) in [5.41, 5.74) is 0. The molecule has 0 aromatic carbocycles. The minimum absolute atomic E-state index is 0.657. The molecule has 0 amide bonds. The molecule has 0 spiro atoms. The molecule has 0 unspecified atom stereocenters. The van der Waals surface area contributed by atoms with Gasteiger partial charge in [0.1, 0.15) is 0 Å². The highest BCUT2D eigenvalue weighted by Gasteiger charge is 2.26. The fraction of sp³-hybridized carbons (Fsp3) is 1.00. The molecular weight excluding hydrogens is 174 g/mol. The van der Waals surface area contributed by atoms with Crippen LogP contribution in [0.5, 0.6) is 0 Å². The molecular formula is C12H29NO. The van der Waals surface area contributed by atoms with E-state index in [0.29, 0.717) is 12.0 Å². The van der Waals surface area contributed by atoms with Gasteiger partial charge in [-0.05, 0) is 19.5 Å². The third-order valence-electron chi connectivity index (χ3n) is 2.39. The van der Waals surface area contributed by atoms with E-state index in [0.717, 1.165) is 19.8 Å². The van der Waals surface area contributed by atoms with Crippen molar-refractivity contribution in [3.8, 4) is 0 Å². The van der Waals surface area contributed by atoms with Crippen LogP contribution in [0.25, 0.3) is 0 Å². The molecule has 1 rings (SSSR count). The maximum absolute atomic E-state index is 5.35. The average molecular weight is 203 g/mol. The first-order valence-electron chi connectivity index (χ1n) is 6.03. The van der Waals surface area contributed by atoms with Crippen LogP contribution in [0, 0.1) is 5.92 Å². The van der Waals surface area contributed by atoms with Gasteiger partial charge < -0.3 is 9.64 Å². The monoisotopic (exact) mass is 203 g/mol. The molecule has 1 saturated heterocycles. The lowest BCUT2D eigenvalue weighted by atomic mass is 10.1. The van der Waals surface area contributed by atoms with Crippen molar-refractivity contribution in [3.05, 3.63) is 0 Å². The first kappa shape index (κ1) is 16.4. The van der Waals surface area contributed by atoms with Crippen molar-refractivity contribution in [3.63, 3.8) is 0 Å². The SMILES string of the molecule is CC.CC.CCN(C)[C@@H]1COC[C@H]1C. The molecule has 1 aliphatic rings. The Bertz CT molecular complexity index is 106. The van der Waals surface area contributed by atoms with Crippen LogP contribution in [0.1, 0.15) is 41.5 Å². The lowest BCUT2D eigenvalue weighted by Gasteiger charge is -2.24. The van der Waals surface area contributed by atoms with E-state index in [4.69, 9.17) is 4.74 Å². The van der Waals surface area contributed by atoms with Gasteiger partial charge in [-0.2, -0.15) is 0 Å². The second kappa shape index (κ2) is 11.0. The highest BCUT2D eigenvalue weighted by Crippen LogP contribution is 2.16. The van der Waals surface area contributed by atoms with Crippen molar-refractivity contribution < 1.29 is 4.74 Å². The summed E-state index contributed by atoms with van der Waals surface area (Å²) in [6.45, 7) is 15.4. The summed E-state index contributed by atoms with van der Waals surface area (Å²) in [6, 6.07) is 0.657. The zero-order valence-electron chi connectivity index (χ0n) is 11.1. The van der Waals surface area contributed by atoms with Crippen LogP contribution < -0.4 is 0 Å². The molecule has 0 aromatic rings. The summed E-state index contributed by atoms with van der Waals surface area (Å²) >= 11 is 0. The summed E-state index contributed by atoms with van der Waals surface area (Å²) in [7, 11) is 2.16. The third kappa shape index (κ3) is 5.61. The van der Waals surface area contributed by atoms with Crippen LogP contribution in [0.4, 0.5) is 0 Å². The highest BCUT2D eigenvalue weighted by molar-refractivity contribution is 4.78. The largest absolute Gasteiger partial charge is 0.379 e. The van der Waals surface area contributed by atoms with Gasteiger partial charge >= 0.3 is 0 Å². The number of ether oxygens (including phenoxy) is 1. The Labute approximate surface area is 90.6 Å². The Balaban J connectivity index is 0. The molecule has 1 heterocycles. The fourth-order valence-electron chi connectivity index (χ4n) is 1.45. The highest BCUT2D eigenvalue weighted by atomic mass is 16.5. The quantitative estimate of drug-likeness (QED) is 0.684. The number of likely N-dealkylation sites (N-methyl/N-ethyl adjacent to an activating group) is 1. The molecule has 1 aliphatic heterocycles. The van der Waals surface area contributed by atoms with Crippen LogP contribution in [0.15, 0.2) is 0 Å². The van der Waals surface area contributed by atoms with Crippen LogP contribution >= 0.6 is 0 Å². The van der Waals surface area contributed by atoms with Gasteiger partial charge in [0.15, 0.2) is 0 Å². The molecule has 0 aromatic heterocycles. The molecule has 0 saturated carbocycles. The van der Waals surface area contributed by atoms with Gasteiger partial charge in [0.25, 0.3) is 0 Å². The Morgan fingerprint density at radius 2 is 1.64 bits per heavy atom. The van der Waals surface area contributed by atoms with Crippen LogP contribution in [0.2, 0.25) is 0 Å². The molecule has 0 N–H and O–H groups in total. The zero-order chi connectivity index (χ0) is 11.6. The Kier molecular flexibility index (Phi) is 12.8. The molecule has 88 valence electrons. The molecule has 14 heavy (non-hydrogen) atoms. The van der Waals surface area contributed by atoms with E-state index in [9.17, 15) is 0 Å². The van der Waals surface area contributed by atoms with Crippen molar-refractivity contribution in [1.29, 1.82) is 0 Å². The Morgan fingerprint density at radius 1 is 1.14 bits per heavy atom. The van der Waals surface area contributed by atoms with E-state index < -0.39 is 0 Å². The lowest BCUT2D eigenvalue weighted by molar-refractivity contribution is 0.162. The van der Waals surface area contributed by atoms with E-state index >= 15 is 0 Å². The van der Waals surface area contributed by atoms with Crippen molar-refractivity contribution in [2.75, 3.05) is 26.8 Å². The number of hydrogen-bond donors (Lipinski definition) is 0. The maximum atomic E-state index is 5.35. The van der Waals surface area contributed by atoms with Gasteiger partial charge in [-0.25, -0.2) is 0 Å². The summed E-state index contributed by atoms with van der Waals surface area (Å²) in [5, 5.41) is 0. The maximum Gasteiger partial charge on any atom is 0.0625 e. The first-order valence-corrected chi connectivity index (χ1v) is 6.03. The first-order chi connectivity index (χ1) is 6.75. The molecule has 0 radical (unpaired) electrons. The minimum atomic E-state index is 0.657. The number of nitrogens with zero attached hydrogens (tertiary/aromatic N) is 1. The van der Waals surface area contributed by atoms with Gasteiger partial charge in [0.2, 0.25) is 0 Å². The Morgan fingerprint density at radius 3 is 1.93 bits per heavy atom. The fourth-order valence-corrected chi connectivity index (χ4v) is 1.45. The average Bonchev–Trinajstić information content (AvgIpc) is 2.69. The molecule has 2 atom stereocenters. The van der Waals surface area contributed by atoms with E-state index in [2.05, 4.69) is 25.8 Å². The normalized spacial score (nSPS) is 24.9. The smallest absolute Gasteiger partial charge is 0.0625 e. The van der Waals surface area contributed by atoms with Gasteiger partial charge in [0.05, 0.1) is 13.2 Å². The summed E-state index contributed by atoms with van der Waals surface area (Å²) in [5.74, 6) is 0.713. The predicted octanol–water partition coefficient (Wildman–Crippen LogP) is 3.03. The third-order valence-corrected chi connectivity index (χ3v) is 2.39. The second-order valence-corrected chi connectivity index (χ2v) is 3.16. The lowest BCUT2D eigenvalue weighted by Crippen LogP contribution is -2.36. The minimum Gasteiger partial charge on any atom is -0.379 e. The van der Waals surface area contributed by atoms with Crippen LogP contribution in [0.3, 0.4) is 0 Å². The van der Waals surface area contributed by atoms with Crippen LogP contribution in [-0.4, -0.2) is 37.7 Å². The van der Waals surface area contributed by atoms with Crippen molar-refractivity contribution in [2.45, 2.75) is 47.6 Å². The van der Waals surface area contributed by atoms with Crippen molar-refractivity contribution >= 4 is 0 Å². The number of rotatable bonds is 2. The topological polar surface area (TPSA) is 12.5 Å². The molecule has 2 heteroatoms. The predicted molar refractivity (Wildman–Crippen MR) is 64.8 cm³/mol. The van der Waals surface area contributed by atoms with Gasteiger partial charge in [-0.3, -0.25) is 0 Å². The van der Waals surface area contributed by atoms with Crippen LogP contribution in [-0.2, 0) is 4.74 Å². The summed E-state index contributed by atoms with van der Waals surface area (Å²) in [6.07, 6.45) is 0.